The molecule has 1 spiro atoms. The van der Waals surface area contributed by atoms with E-state index in [-0.39, 0.29) is 5.91 Å². The molecule has 5 heteroatoms. The Kier molecular flexibility index (Phi) is 3.71. The molecule has 2 aliphatic heterocycles. The third-order valence-corrected chi connectivity index (χ3v) is 6.39. The number of nitriles is 2. The Morgan fingerprint density at radius 1 is 1.33 bits per heavy atom. The van der Waals surface area contributed by atoms with Gasteiger partial charge in [0, 0.05) is 17.7 Å². The van der Waals surface area contributed by atoms with Gasteiger partial charge in [0.25, 0.3) is 0 Å². The Morgan fingerprint density at radius 3 is 2.67 bits per heavy atom. The fourth-order valence-corrected chi connectivity index (χ4v) is 5.09. The van der Waals surface area contributed by atoms with Crippen molar-refractivity contribution in [3.8, 4) is 12.1 Å². The molecule has 3 rings (SSSR count). The molecule has 1 amide bonds. The number of hydrogen-bond donors (Lipinski definition) is 0. The lowest BCUT2D eigenvalue weighted by Crippen LogP contribution is -2.52. The fraction of sp³-hybridized carbons (Fsp3) is 0.688. The standard InChI is InChI=1S/C16H19N3OS/c1-11-3-5-16(6-4-11)12(9-17)14(20)19-7-2-8-21-15(19)13(16)10-18/h11-12H,2-8H2,1H3. The minimum atomic E-state index is -0.679. The molecular formula is C16H19N3OS. The number of carbonyl (C=O) groups is 1. The Labute approximate surface area is 129 Å². The second-order valence-corrected chi connectivity index (χ2v) is 7.47. The highest BCUT2D eigenvalue weighted by Gasteiger charge is 2.54. The van der Waals surface area contributed by atoms with Crippen molar-refractivity contribution in [3.05, 3.63) is 10.6 Å². The van der Waals surface area contributed by atoms with Gasteiger partial charge in [0.15, 0.2) is 0 Å². The first-order chi connectivity index (χ1) is 10.1. The number of amides is 1. The van der Waals surface area contributed by atoms with Crippen molar-refractivity contribution in [2.75, 3.05) is 12.3 Å². The van der Waals surface area contributed by atoms with E-state index < -0.39 is 11.3 Å². The Morgan fingerprint density at radius 2 is 2.05 bits per heavy atom. The maximum atomic E-state index is 12.8. The summed E-state index contributed by atoms with van der Waals surface area (Å²) in [4.78, 5) is 14.5. The van der Waals surface area contributed by atoms with Crippen molar-refractivity contribution in [3.63, 3.8) is 0 Å². The number of fused-ring (bicyclic) bond motifs is 1. The van der Waals surface area contributed by atoms with Gasteiger partial charge in [0.1, 0.15) is 5.92 Å². The summed E-state index contributed by atoms with van der Waals surface area (Å²) in [6, 6.07) is 4.62. The minimum absolute atomic E-state index is 0.0757. The zero-order valence-corrected chi connectivity index (χ0v) is 13.1. The first-order valence-corrected chi connectivity index (χ1v) is 8.61. The maximum absolute atomic E-state index is 12.8. The highest BCUT2D eigenvalue weighted by molar-refractivity contribution is 8.03. The summed E-state index contributed by atoms with van der Waals surface area (Å²) >= 11 is 1.62. The first-order valence-electron chi connectivity index (χ1n) is 7.62. The van der Waals surface area contributed by atoms with Crippen molar-refractivity contribution in [2.24, 2.45) is 17.3 Å². The molecule has 21 heavy (non-hydrogen) atoms. The minimum Gasteiger partial charge on any atom is -0.305 e. The van der Waals surface area contributed by atoms with Gasteiger partial charge in [-0.2, -0.15) is 10.5 Å². The molecule has 0 radical (unpaired) electrons. The van der Waals surface area contributed by atoms with Gasteiger partial charge in [-0.3, -0.25) is 4.79 Å². The maximum Gasteiger partial charge on any atom is 0.245 e. The Bertz CT molecular complexity index is 575. The van der Waals surface area contributed by atoms with E-state index in [9.17, 15) is 15.3 Å². The van der Waals surface area contributed by atoms with Crippen molar-refractivity contribution >= 4 is 17.7 Å². The number of nitrogens with zero attached hydrogens (tertiary/aromatic N) is 3. The van der Waals surface area contributed by atoms with Crippen molar-refractivity contribution in [1.29, 1.82) is 10.5 Å². The van der Waals surface area contributed by atoms with Crippen LogP contribution in [-0.2, 0) is 4.79 Å². The van der Waals surface area contributed by atoms with Gasteiger partial charge in [-0.15, -0.1) is 11.8 Å². The third-order valence-electron chi connectivity index (χ3n) is 5.19. The van der Waals surface area contributed by atoms with E-state index in [1.807, 2.05) is 0 Å². The van der Waals surface area contributed by atoms with Gasteiger partial charge in [-0.1, -0.05) is 6.92 Å². The molecule has 0 aromatic carbocycles. The largest absolute Gasteiger partial charge is 0.305 e. The number of hydrogen-bond acceptors (Lipinski definition) is 4. The lowest BCUT2D eigenvalue weighted by atomic mass is 9.59. The van der Waals surface area contributed by atoms with E-state index in [1.54, 1.807) is 16.7 Å². The molecule has 4 nitrogen and oxygen atoms in total. The van der Waals surface area contributed by atoms with Crippen LogP contribution in [0.1, 0.15) is 39.0 Å². The molecule has 1 saturated heterocycles. The molecule has 0 aromatic rings. The zero-order chi connectivity index (χ0) is 15.0. The van der Waals surface area contributed by atoms with Crippen molar-refractivity contribution < 1.29 is 4.79 Å². The van der Waals surface area contributed by atoms with Gasteiger partial charge in [0.2, 0.25) is 5.91 Å². The summed E-state index contributed by atoms with van der Waals surface area (Å²) in [5.74, 6) is 0.816. The quantitative estimate of drug-likeness (QED) is 0.689. The Hall–Kier alpha value is -1.46. The molecule has 1 atom stereocenters. The van der Waals surface area contributed by atoms with E-state index in [2.05, 4.69) is 19.1 Å². The normalized spacial score (nSPS) is 36.1. The van der Waals surface area contributed by atoms with Crippen LogP contribution >= 0.6 is 11.8 Å². The summed E-state index contributed by atoms with van der Waals surface area (Å²) < 4.78 is 0. The average Bonchev–Trinajstić information content (AvgIpc) is 2.51. The molecule has 1 aliphatic carbocycles. The fourth-order valence-electron chi connectivity index (χ4n) is 3.89. The average molecular weight is 301 g/mol. The van der Waals surface area contributed by atoms with Crippen molar-refractivity contribution in [1.82, 2.24) is 4.90 Å². The first kappa shape index (κ1) is 14.5. The SMILES string of the molecule is CC1CCC2(CC1)C(C#N)=C1SCCCN1C(=O)C2C#N. The van der Waals surface area contributed by atoms with Crippen LogP contribution < -0.4 is 0 Å². The van der Waals surface area contributed by atoms with Gasteiger partial charge >= 0.3 is 0 Å². The van der Waals surface area contributed by atoms with E-state index in [0.29, 0.717) is 18.0 Å². The summed E-state index contributed by atoms with van der Waals surface area (Å²) in [6.45, 7) is 2.86. The van der Waals surface area contributed by atoms with Crippen LogP contribution in [0.15, 0.2) is 10.6 Å². The Balaban J connectivity index is 2.13. The van der Waals surface area contributed by atoms with Gasteiger partial charge in [-0.05, 0) is 38.0 Å². The van der Waals surface area contributed by atoms with E-state index in [4.69, 9.17) is 0 Å². The molecule has 0 N–H and O–H groups in total. The monoisotopic (exact) mass is 301 g/mol. The number of thioether (sulfide) groups is 1. The second kappa shape index (κ2) is 5.39. The summed E-state index contributed by atoms with van der Waals surface area (Å²) in [5, 5.41) is 20.2. The number of carbonyl (C=O) groups excluding carboxylic acids is 1. The van der Waals surface area contributed by atoms with E-state index in [0.717, 1.165) is 42.9 Å². The molecule has 1 saturated carbocycles. The molecule has 110 valence electrons. The smallest absolute Gasteiger partial charge is 0.245 e. The number of allylic oxidation sites excluding steroid dienone is 1. The van der Waals surface area contributed by atoms with Crippen LogP contribution in [0.25, 0.3) is 0 Å². The molecule has 1 unspecified atom stereocenters. The van der Waals surface area contributed by atoms with Crippen LogP contribution in [0.3, 0.4) is 0 Å². The summed E-state index contributed by atoms with van der Waals surface area (Å²) in [6.07, 6.45) is 4.50. The predicted octanol–water partition coefficient (Wildman–Crippen LogP) is 3.04. The van der Waals surface area contributed by atoms with Gasteiger partial charge < -0.3 is 4.90 Å². The molecule has 2 fully saturated rings. The summed E-state index contributed by atoms with van der Waals surface area (Å²) in [7, 11) is 0. The van der Waals surface area contributed by atoms with E-state index in [1.165, 1.54) is 0 Å². The highest BCUT2D eigenvalue weighted by Crippen LogP contribution is 2.55. The second-order valence-electron chi connectivity index (χ2n) is 6.38. The lowest BCUT2D eigenvalue weighted by molar-refractivity contribution is -0.137. The molecular weight excluding hydrogens is 282 g/mol. The van der Waals surface area contributed by atoms with Crippen LogP contribution in [0.2, 0.25) is 0 Å². The molecule has 0 bridgehead atoms. The van der Waals surface area contributed by atoms with Crippen LogP contribution in [0, 0.1) is 39.9 Å². The third kappa shape index (κ3) is 2.07. The van der Waals surface area contributed by atoms with Crippen LogP contribution in [0.4, 0.5) is 0 Å². The topological polar surface area (TPSA) is 67.9 Å². The number of rotatable bonds is 0. The predicted molar refractivity (Wildman–Crippen MR) is 80.6 cm³/mol. The van der Waals surface area contributed by atoms with Crippen LogP contribution in [0.5, 0.6) is 0 Å². The van der Waals surface area contributed by atoms with Gasteiger partial charge in [0.05, 0.1) is 22.7 Å². The van der Waals surface area contributed by atoms with E-state index >= 15 is 0 Å². The van der Waals surface area contributed by atoms with Crippen LogP contribution in [-0.4, -0.2) is 23.1 Å². The molecule has 2 heterocycles. The van der Waals surface area contributed by atoms with Crippen molar-refractivity contribution in [2.45, 2.75) is 39.0 Å². The lowest BCUT2D eigenvalue weighted by Gasteiger charge is -2.48. The molecule has 3 aliphatic rings. The van der Waals surface area contributed by atoms with Gasteiger partial charge in [-0.25, -0.2) is 0 Å². The summed E-state index contributed by atoms with van der Waals surface area (Å²) in [5.41, 5.74) is 0.189. The zero-order valence-electron chi connectivity index (χ0n) is 12.3. The highest BCUT2D eigenvalue weighted by atomic mass is 32.2. The molecule has 0 aromatic heterocycles.